The van der Waals surface area contributed by atoms with E-state index in [0.717, 1.165) is 35.4 Å². The van der Waals surface area contributed by atoms with E-state index in [1.807, 2.05) is 36.1 Å². The number of carbonyl (C=O) groups excluding carboxylic acids is 1. The van der Waals surface area contributed by atoms with Gasteiger partial charge >= 0.3 is 6.03 Å². The van der Waals surface area contributed by atoms with Crippen LogP contribution in [0.15, 0.2) is 54.6 Å². The van der Waals surface area contributed by atoms with Crippen LogP contribution in [0.5, 0.6) is 0 Å². The highest BCUT2D eigenvalue weighted by atomic mass is 16.7. The number of aryl methyl sites for hydroxylation is 1. The van der Waals surface area contributed by atoms with Crippen LogP contribution in [0.4, 0.5) is 10.5 Å². The monoisotopic (exact) mass is 405 g/mol. The number of amides is 2. The van der Waals surface area contributed by atoms with Crippen LogP contribution in [0.2, 0.25) is 0 Å². The molecule has 2 aromatic rings. The predicted octanol–water partition coefficient (Wildman–Crippen LogP) is 5.23. The molecule has 2 aliphatic heterocycles. The van der Waals surface area contributed by atoms with E-state index in [4.69, 9.17) is 4.84 Å². The lowest BCUT2D eigenvalue weighted by Crippen LogP contribution is -2.48. The molecule has 1 saturated heterocycles. The lowest BCUT2D eigenvalue weighted by molar-refractivity contribution is -0.0634. The van der Waals surface area contributed by atoms with Crippen molar-refractivity contribution in [3.8, 4) is 0 Å². The first-order valence-electron chi connectivity index (χ1n) is 10.7. The van der Waals surface area contributed by atoms with E-state index < -0.39 is 0 Å². The molecule has 0 saturated carbocycles. The van der Waals surface area contributed by atoms with Crippen LogP contribution >= 0.6 is 0 Å². The van der Waals surface area contributed by atoms with Crippen LogP contribution in [0.3, 0.4) is 0 Å². The second-order valence-corrected chi connectivity index (χ2v) is 9.39. The Hall–Kier alpha value is -2.79. The van der Waals surface area contributed by atoms with Gasteiger partial charge in [0.25, 0.3) is 0 Å². The van der Waals surface area contributed by atoms with E-state index in [-0.39, 0.29) is 17.0 Å². The number of hydrogen-bond donors (Lipinski definition) is 2. The van der Waals surface area contributed by atoms with E-state index in [1.165, 1.54) is 5.56 Å². The summed E-state index contributed by atoms with van der Waals surface area (Å²) in [7, 11) is 0. The zero-order valence-corrected chi connectivity index (χ0v) is 18.3. The Balaban J connectivity index is 1.39. The number of carbonyl (C=O) groups is 1. The van der Waals surface area contributed by atoms with Crippen LogP contribution in [0, 0.1) is 6.92 Å². The van der Waals surface area contributed by atoms with Crippen molar-refractivity contribution in [1.82, 2.24) is 10.4 Å². The van der Waals surface area contributed by atoms with E-state index >= 15 is 0 Å². The first-order valence-corrected chi connectivity index (χ1v) is 10.7. The van der Waals surface area contributed by atoms with Gasteiger partial charge in [-0.15, -0.1) is 0 Å². The number of piperidine rings is 1. The summed E-state index contributed by atoms with van der Waals surface area (Å²) < 4.78 is 0. The van der Waals surface area contributed by atoms with E-state index in [1.54, 1.807) is 0 Å². The highest BCUT2D eigenvalue weighted by Gasteiger charge is 2.40. The van der Waals surface area contributed by atoms with Gasteiger partial charge in [-0.1, -0.05) is 63.2 Å². The van der Waals surface area contributed by atoms with Gasteiger partial charge in [-0.25, -0.2) is 4.79 Å². The average Bonchev–Trinajstić information content (AvgIpc) is 3.13. The summed E-state index contributed by atoms with van der Waals surface area (Å²) in [6, 6.07) is 16.4. The molecule has 2 heterocycles. The van der Waals surface area contributed by atoms with Crippen LogP contribution in [-0.2, 0) is 10.3 Å². The molecule has 2 amide bonds. The van der Waals surface area contributed by atoms with Crippen molar-refractivity contribution in [2.45, 2.75) is 51.6 Å². The number of para-hydroxylation sites is 1. The third-order valence-electron chi connectivity index (χ3n) is 6.12. The Kier molecular flexibility index (Phi) is 5.33. The summed E-state index contributed by atoms with van der Waals surface area (Å²) >= 11 is 0. The highest BCUT2D eigenvalue weighted by molar-refractivity contribution is 5.90. The summed E-state index contributed by atoms with van der Waals surface area (Å²) in [6.45, 7) is 9.97. The molecular weight excluding hydrogens is 374 g/mol. The summed E-state index contributed by atoms with van der Waals surface area (Å²) in [5, 5.41) is 3.03. The largest absolute Gasteiger partial charge is 0.324 e. The molecule has 0 bridgehead atoms. The Morgan fingerprint density at radius 1 is 1.07 bits per heavy atom. The summed E-state index contributed by atoms with van der Waals surface area (Å²) in [5.74, 6) is 0. The first-order chi connectivity index (χ1) is 14.3. The molecule has 2 aromatic carbocycles. The van der Waals surface area contributed by atoms with Crippen LogP contribution in [0.1, 0.15) is 50.3 Å². The molecule has 2 N–H and O–H groups in total. The van der Waals surface area contributed by atoms with Crippen LogP contribution in [0.25, 0.3) is 5.70 Å². The number of benzene rings is 2. The molecule has 5 nitrogen and oxygen atoms in total. The molecule has 0 unspecified atom stereocenters. The number of nitrogens with zero attached hydrogens (tertiary/aromatic N) is 1. The average molecular weight is 406 g/mol. The SMILES string of the molecule is Cc1ccccc1NC(=O)N1CCC2(C=C(c3ccc(C(C)(C)C)cc3)NO2)CC1. The quantitative estimate of drug-likeness (QED) is 0.719. The molecule has 0 radical (unpaired) electrons. The summed E-state index contributed by atoms with van der Waals surface area (Å²) in [6.07, 6.45) is 3.73. The first kappa shape index (κ1) is 20.5. The number of nitrogens with one attached hydrogen (secondary N) is 2. The lowest BCUT2D eigenvalue weighted by atomic mass is 9.86. The van der Waals surface area contributed by atoms with Gasteiger partial charge in [-0.3, -0.25) is 10.3 Å². The summed E-state index contributed by atoms with van der Waals surface area (Å²) in [5.41, 5.74) is 8.29. The maximum Gasteiger partial charge on any atom is 0.321 e. The zero-order chi connectivity index (χ0) is 21.4. The molecule has 30 heavy (non-hydrogen) atoms. The van der Waals surface area contributed by atoms with Gasteiger partial charge in [0.2, 0.25) is 0 Å². The van der Waals surface area contributed by atoms with Crippen molar-refractivity contribution in [2.24, 2.45) is 0 Å². The predicted molar refractivity (Wildman–Crippen MR) is 121 cm³/mol. The van der Waals surface area contributed by atoms with Crippen molar-refractivity contribution in [3.05, 3.63) is 71.3 Å². The molecule has 0 atom stereocenters. The normalized spacial score (nSPS) is 18.1. The number of urea groups is 1. The molecular formula is C25H31N3O2. The minimum absolute atomic E-state index is 0.0490. The Bertz CT molecular complexity index is 949. The smallest absolute Gasteiger partial charge is 0.321 e. The van der Waals surface area contributed by atoms with E-state index in [2.05, 4.69) is 61.9 Å². The molecule has 0 aliphatic carbocycles. The van der Waals surface area contributed by atoms with Gasteiger partial charge in [0, 0.05) is 31.6 Å². The number of hydroxylamine groups is 1. The third-order valence-corrected chi connectivity index (χ3v) is 6.12. The van der Waals surface area contributed by atoms with Crippen molar-refractivity contribution in [2.75, 3.05) is 18.4 Å². The number of anilines is 1. The van der Waals surface area contributed by atoms with Crippen molar-refractivity contribution >= 4 is 17.4 Å². The van der Waals surface area contributed by atoms with Crippen molar-refractivity contribution in [3.63, 3.8) is 0 Å². The second kappa shape index (κ2) is 7.80. The van der Waals surface area contributed by atoms with Crippen molar-refractivity contribution < 1.29 is 9.63 Å². The number of likely N-dealkylation sites (tertiary alicyclic amines) is 1. The fraction of sp³-hybridized carbons (Fsp3) is 0.400. The topological polar surface area (TPSA) is 53.6 Å². The fourth-order valence-electron chi connectivity index (χ4n) is 4.01. The molecule has 0 aromatic heterocycles. The van der Waals surface area contributed by atoms with Gasteiger partial charge in [-0.2, -0.15) is 0 Å². The molecule has 5 heteroatoms. The molecule has 2 aliphatic rings. The lowest BCUT2D eigenvalue weighted by Gasteiger charge is -2.36. The highest BCUT2D eigenvalue weighted by Crippen LogP contribution is 2.35. The minimum Gasteiger partial charge on any atom is -0.324 e. The standard InChI is InChI=1S/C25H31N3O2/c1-18-7-5-6-8-21(18)26-23(29)28-15-13-25(14-16-28)17-22(27-30-25)19-9-11-20(12-10-19)24(2,3)4/h5-12,17,27H,13-16H2,1-4H3,(H,26,29). The Labute approximate surface area is 179 Å². The third kappa shape index (κ3) is 4.21. The van der Waals surface area contributed by atoms with Gasteiger partial charge in [0.1, 0.15) is 5.60 Å². The summed E-state index contributed by atoms with van der Waals surface area (Å²) in [4.78, 5) is 20.5. The van der Waals surface area contributed by atoms with Crippen LogP contribution in [-0.4, -0.2) is 29.6 Å². The van der Waals surface area contributed by atoms with E-state index in [0.29, 0.717) is 13.1 Å². The molecule has 4 rings (SSSR count). The minimum atomic E-state index is -0.350. The molecule has 1 spiro atoms. The Morgan fingerprint density at radius 3 is 2.37 bits per heavy atom. The number of hydrogen-bond acceptors (Lipinski definition) is 3. The van der Waals surface area contributed by atoms with Gasteiger partial charge in [0.15, 0.2) is 0 Å². The van der Waals surface area contributed by atoms with Gasteiger partial charge in [0.05, 0.1) is 5.70 Å². The van der Waals surface area contributed by atoms with E-state index in [9.17, 15) is 4.79 Å². The second-order valence-electron chi connectivity index (χ2n) is 9.39. The Morgan fingerprint density at radius 2 is 1.73 bits per heavy atom. The maximum absolute atomic E-state index is 12.7. The van der Waals surface area contributed by atoms with Crippen LogP contribution < -0.4 is 10.8 Å². The maximum atomic E-state index is 12.7. The zero-order valence-electron chi connectivity index (χ0n) is 18.3. The van der Waals surface area contributed by atoms with Gasteiger partial charge in [-0.05, 0) is 41.2 Å². The van der Waals surface area contributed by atoms with Gasteiger partial charge < -0.3 is 10.2 Å². The molecule has 1 fully saturated rings. The number of rotatable bonds is 2. The molecule has 158 valence electrons. The fourth-order valence-corrected chi connectivity index (χ4v) is 4.01. The van der Waals surface area contributed by atoms with Crippen molar-refractivity contribution in [1.29, 1.82) is 0 Å².